The molecule has 1 saturated heterocycles. The minimum absolute atomic E-state index is 0.0148. The van der Waals surface area contributed by atoms with E-state index in [4.69, 9.17) is 0 Å². The number of hydrogen-bond acceptors (Lipinski definition) is 4. The lowest BCUT2D eigenvalue weighted by Crippen LogP contribution is -2.60. The topological polar surface area (TPSA) is 65.0 Å². The summed E-state index contributed by atoms with van der Waals surface area (Å²) in [5, 5.41) is 2.79. The second kappa shape index (κ2) is 6.49. The van der Waals surface area contributed by atoms with Crippen molar-refractivity contribution in [3.63, 3.8) is 0 Å². The van der Waals surface area contributed by atoms with Crippen LogP contribution in [-0.2, 0) is 9.59 Å². The third kappa shape index (κ3) is 3.67. The summed E-state index contributed by atoms with van der Waals surface area (Å²) in [6.07, 6.45) is 2.53. The Morgan fingerprint density at radius 3 is 2.90 bits per heavy atom. The first-order valence-electron chi connectivity index (χ1n) is 6.66. The number of rotatable bonds is 0. The van der Waals surface area contributed by atoms with E-state index in [1.807, 2.05) is 0 Å². The van der Waals surface area contributed by atoms with Crippen LogP contribution in [0.3, 0.4) is 0 Å². The molecule has 0 spiro atoms. The lowest BCUT2D eigenvalue weighted by atomic mass is 10.1. The molecule has 1 fully saturated rings. The number of nitrogens with zero attached hydrogens (tertiary/aromatic N) is 3. The fourth-order valence-electron chi connectivity index (χ4n) is 2.40. The van der Waals surface area contributed by atoms with Crippen LogP contribution in [0, 0.1) is 0 Å². The molecule has 2 heterocycles. The first-order chi connectivity index (χ1) is 9.47. The quantitative estimate of drug-likeness (QED) is 0.704. The molecule has 2 rings (SSSR count). The van der Waals surface area contributed by atoms with Crippen LogP contribution in [0.25, 0.3) is 0 Å². The second-order valence-corrected chi connectivity index (χ2v) is 6.07. The van der Waals surface area contributed by atoms with E-state index >= 15 is 0 Å². The van der Waals surface area contributed by atoms with Crippen molar-refractivity contribution in [1.29, 1.82) is 0 Å². The van der Waals surface area contributed by atoms with Gasteiger partial charge in [0, 0.05) is 43.8 Å². The molecule has 7 heteroatoms. The van der Waals surface area contributed by atoms with Gasteiger partial charge in [-0.05, 0) is 13.3 Å². The molecule has 6 nitrogen and oxygen atoms in total. The Balaban J connectivity index is 2.19. The third-order valence-corrected chi connectivity index (χ3v) is 4.18. The average Bonchev–Trinajstić information content (AvgIpc) is 2.41. The zero-order chi connectivity index (χ0) is 14.7. The summed E-state index contributed by atoms with van der Waals surface area (Å²) in [6, 6.07) is -0.309. The van der Waals surface area contributed by atoms with Crippen LogP contribution in [0.15, 0.2) is 15.7 Å². The lowest BCUT2D eigenvalue weighted by molar-refractivity contribution is -0.135. The molecule has 1 N–H and O–H groups in total. The monoisotopic (exact) mass is 342 g/mol. The molecule has 110 valence electrons. The Labute approximate surface area is 127 Å². The highest BCUT2D eigenvalue weighted by atomic mass is 79.9. The van der Waals surface area contributed by atoms with Crippen LogP contribution < -0.4 is 5.32 Å². The molecule has 0 saturated carbocycles. The van der Waals surface area contributed by atoms with E-state index in [9.17, 15) is 9.59 Å². The zero-order valence-corrected chi connectivity index (χ0v) is 13.3. The highest BCUT2D eigenvalue weighted by molar-refractivity contribution is 9.11. The van der Waals surface area contributed by atoms with Gasteiger partial charge in [0.15, 0.2) is 0 Å². The van der Waals surface area contributed by atoms with Gasteiger partial charge in [0.25, 0.3) is 0 Å². The van der Waals surface area contributed by atoms with Crippen LogP contribution in [-0.4, -0.2) is 59.7 Å². The Morgan fingerprint density at radius 2 is 2.20 bits per heavy atom. The Bertz CT molecular complexity index is 475. The molecule has 1 atom stereocenters. The summed E-state index contributed by atoms with van der Waals surface area (Å²) in [6.45, 7) is 5.90. The van der Waals surface area contributed by atoms with Gasteiger partial charge in [-0.2, -0.15) is 0 Å². The van der Waals surface area contributed by atoms with Gasteiger partial charge in [-0.1, -0.05) is 15.9 Å². The van der Waals surface area contributed by atoms with Gasteiger partial charge in [0.05, 0.1) is 0 Å². The standard InChI is InChI=1S/C13H19BrN4O2/c1-9-15-7-11(14)3-4-17-5-6-18(10(2)19)8-12(17)13(20)16-9/h7,12H,3-6,8H2,1-2H3,(H,15,16,20)/b11-7+. The number of carbonyl (C=O) groups is 2. The maximum absolute atomic E-state index is 12.3. The highest BCUT2D eigenvalue weighted by Gasteiger charge is 2.33. The number of aliphatic imine (C=N–C) groups is 1. The van der Waals surface area contributed by atoms with E-state index in [0.29, 0.717) is 25.5 Å². The van der Waals surface area contributed by atoms with E-state index in [2.05, 4.69) is 31.1 Å². The van der Waals surface area contributed by atoms with Gasteiger partial charge in [0.2, 0.25) is 11.8 Å². The van der Waals surface area contributed by atoms with Crippen molar-refractivity contribution >= 4 is 33.6 Å². The Hall–Kier alpha value is -1.21. The Morgan fingerprint density at radius 1 is 1.45 bits per heavy atom. The number of amidine groups is 1. The largest absolute Gasteiger partial charge is 0.340 e. The third-order valence-electron chi connectivity index (χ3n) is 3.58. The van der Waals surface area contributed by atoms with Gasteiger partial charge < -0.3 is 10.2 Å². The molecular weight excluding hydrogens is 324 g/mol. The second-order valence-electron chi connectivity index (χ2n) is 5.05. The van der Waals surface area contributed by atoms with Crippen molar-refractivity contribution in [3.8, 4) is 0 Å². The molecule has 0 bridgehead atoms. The van der Waals surface area contributed by atoms with Crippen molar-refractivity contribution in [2.24, 2.45) is 4.99 Å². The zero-order valence-electron chi connectivity index (χ0n) is 11.7. The summed E-state index contributed by atoms with van der Waals surface area (Å²) in [5.41, 5.74) is 0. The molecule has 2 aliphatic rings. The summed E-state index contributed by atoms with van der Waals surface area (Å²) >= 11 is 3.48. The fraction of sp³-hybridized carbons (Fsp3) is 0.615. The number of nitrogens with one attached hydrogen (secondary N) is 1. The summed E-state index contributed by atoms with van der Waals surface area (Å²) in [4.78, 5) is 31.9. The minimum atomic E-state index is -0.309. The van der Waals surface area contributed by atoms with Gasteiger partial charge in [-0.15, -0.1) is 0 Å². The fourth-order valence-corrected chi connectivity index (χ4v) is 2.68. The molecular formula is C13H19BrN4O2. The highest BCUT2D eigenvalue weighted by Crippen LogP contribution is 2.17. The number of piperazine rings is 1. The van der Waals surface area contributed by atoms with Crippen LogP contribution in [0.2, 0.25) is 0 Å². The number of carbonyl (C=O) groups excluding carboxylic acids is 2. The molecule has 1 unspecified atom stereocenters. The Kier molecular flexibility index (Phi) is 4.93. The predicted octanol–water partition coefficient (Wildman–Crippen LogP) is 0.694. The number of hydrogen-bond donors (Lipinski definition) is 1. The number of fused-ring (bicyclic) bond motifs is 1. The van der Waals surface area contributed by atoms with Crippen LogP contribution in [0.4, 0.5) is 0 Å². The maximum Gasteiger partial charge on any atom is 0.244 e. The van der Waals surface area contributed by atoms with Crippen molar-refractivity contribution < 1.29 is 9.59 Å². The smallest absolute Gasteiger partial charge is 0.244 e. The van der Waals surface area contributed by atoms with Gasteiger partial charge in [-0.3, -0.25) is 14.5 Å². The van der Waals surface area contributed by atoms with Crippen LogP contribution >= 0.6 is 15.9 Å². The molecule has 0 aromatic carbocycles. The van der Waals surface area contributed by atoms with Gasteiger partial charge in [-0.25, -0.2) is 4.99 Å². The average molecular weight is 343 g/mol. The predicted molar refractivity (Wildman–Crippen MR) is 80.5 cm³/mol. The normalized spacial score (nSPS) is 30.4. The molecule has 2 aliphatic heterocycles. The maximum atomic E-state index is 12.3. The molecule has 20 heavy (non-hydrogen) atoms. The van der Waals surface area contributed by atoms with Crippen molar-refractivity contribution in [2.75, 3.05) is 26.2 Å². The molecule has 0 aromatic rings. The van der Waals surface area contributed by atoms with Crippen LogP contribution in [0.5, 0.6) is 0 Å². The lowest BCUT2D eigenvalue weighted by Gasteiger charge is -2.40. The van der Waals surface area contributed by atoms with Gasteiger partial charge >= 0.3 is 0 Å². The van der Waals surface area contributed by atoms with Crippen molar-refractivity contribution in [1.82, 2.24) is 15.1 Å². The molecule has 2 amide bonds. The van der Waals surface area contributed by atoms with Crippen molar-refractivity contribution in [3.05, 3.63) is 10.7 Å². The summed E-state index contributed by atoms with van der Waals surface area (Å²) < 4.78 is 1.00. The van der Waals surface area contributed by atoms with Crippen LogP contribution in [0.1, 0.15) is 20.3 Å². The first kappa shape index (κ1) is 15.2. The number of halogens is 1. The van der Waals surface area contributed by atoms with E-state index in [-0.39, 0.29) is 17.9 Å². The summed E-state index contributed by atoms with van der Waals surface area (Å²) in [5.74, 6) is 0.485. The van der Waals surface area contributed by atoms with E-state index < -0.39 is 0 Å². The minimum Gasteiger partial charge on any atom is -0.340 e. The number of amides is 2. The SMILES string of the molecule is CC(=O)N1CCN2CC/C(Br)=C\N=C(/C)NC(=O)C2C1. The first-order valence-corrected chi connectivity index (χ1v) is 7.46. The van der Waals surface area contributed by atoms with Gasteiger partial charge in [0.1, 0.15) is 11.9 Å². The van der Waals surface area contributed by atoms with E-state index in [1.165, 1.54) is 0 Å². The van der Waals surface area contributed by atoms with Crippen molar-refractivity contribution in [2.45, 2.75) is 26.3 Å². The molecule has 0 aliphatic carbocycles. The molecule has 0 radical (unpaired) electrons. The molecule has 0 aromatic heterocycles. The summed E-state index contributed by atoms with van der Waals surface area (Å²) in [7, 11) is 0. The van der Waals surface area contributed by atoms with E-state index in [1.54, 1.807) is 24.9 Å². The van der Waals surface area contributed by atoms with E-state index in [0.717, 1.165) is 17.4 Å².